The van der Waals surface area contributed by atoms with Gasteiger partial charge in [-0.3, -0.25) is 9.59 Å². The molecule has 2 aromatic rings. The zero-order valence-electron chi connectivity index (χ0n) is 14.5. The van der Waals surface area contributed by atoms with Crippen LogP contribution in [-0.4, -0.2) is 42.4 Å². The Balaban J connectivity index is 1.55. The number of amides is 2. The van der Waals surface area contributed by atoms with Gasteiger partial charge in [-0.05, 0) is 42.7 Å². The molecule has 142 valence electrons. The van der Waals surface area contributed by atoms with Gasteiger partial charge in [-0.2, -0.15) is 0 Å². The highest BCUT2D eigenvalue weighted by Gasteiger charge is 2.27. The van der Waals surface area contributed by atoms with Gasteiger partial charge in [-0.25, -0.2) is 9.18 Å². The number of rotatable bonds is 5. The third-order valence-electron chi connectivity index (χ3n) is 4.44. The van der Waals surface area contributed by atoms with Crippen molar-refractivity contribution in [3.05, 3.63) is 47.1 Å². The predicted octanol–water partition coefficient (Wildman–Crippen LogP) is 2.43. The summed E-state index contributed by atoms with van der Waals surface area (Å²) in [5.74, 6) is -2.04. The second kappa shape index (κ2) is 8.30. The number of likely N-dealkylation sites (tertiary alicyclic amines) is 1. The lowest BCUT2D eigenvalue weighted by Crippen LogP contribution is -2.45. The molecule has 0 spiro atoms. The lowest BCUT2D eigenvalue weighted by atomic mass is 9.97. The van der Waals surface area contributed by atoms with Gasteiger partial charge in [0.2, 0.25) is 5.91 Å². The van der Waals surface area contributed by atoms with Crippen LogP contribution in [0.3, 0.4) is 0 Å². The molecule has 3 rings (SSSR count). The van der Waals surface area contributed by atoms with E-state index in [1.54, 1.807) is 24.3 Å². The average Bonchev–Trinajstić information content (AvgIpc) is 3.16. The van der Waals surface area contributed by atoms with Gasteiger partial charge in [0.05, 0.1) is 5.92 Å². The molecule has 0 unspecified atom stereocenters. The molecule has 1 aliphatic heterocycles. The largest absolute Gasteiger partial charge is 0.451 e. The fourth-order valence-corrected chi connectivity index (χ4v) is 3.85. The van der Waals surface area contributed by atoms with E-state index < -0.39 is 11.9 Å². The summed E-state index contributed by atoms with van der Waals surface area (Å²) >= 11 is 1.21. The summed E-state index contributed by atoms with van der Waals surface area (Å²) in [7, 11) is 0. The van der Waals surface area contributed by atoms with Gasteiger partial charge in [0.15, 0.2) is 6.61 Å². The Morgan fingerprint density at radius 1 is 1.19 bits per heavy atom. The molecule has 1 atom stereocenters. The van der Waals surface area contributed by atoms with Gasteiger partial charge < -0.3 is 15.4 Å². The Labute approximate surface area is 159 Å². The van der Waals surface area contributed by atoms with Gasteiger partial charge in [-0.15, -0.1) is 11.3 Å². The monoisotopic (exact) mass is 390 g/mol. The van der Waals surface area contributed by atoms with Crippen molar-refractivity contribution < 1.29 is 23.5 Å². The molecule has 6 nitrogen and oxygen atoms in total. The van der Waals surface area contributed by atoms with Crippen LogP contribution >= 0.6 is 11.3 Å². The van der Waals surface area contributed by atoms with E-state index in [0.717, 1.165) is 10.4 Å². The van der Waals surface area contributed by atoms with Crippen LogP contribution in [0, 0.1) is 11.7 Å². The summed E-state index contributed by atoms with van der Waals surface area (Å²) in [6.45, 7) is 0.404. The summed E-state index contributed by atoms with van der Waals surface area (Å²) < 4.78 is 18.1. The molecule has 0 bridgehead atoms. The summed E-state index contributed by atoms with van der Waals surface area (Å²) in [6, 6.07) is 9.32. The van der Waals surface area contributed by atoms with Crippen molar-refractivity contribution in [2.45, 2.75) is 12.8 Å². The van der Waals surface area contributed by atoms with Crippen LogP contribution in [-0.2, 0) is 14.3 Å². The molecule has 27 heavy (non-hydrogen) atoms. The highest BCUT2D eigenvalue weighted by atomic mass is 32.1. The predicted molar refractivity (Wildman–Crippen MR) is 98.5 cm³/mol. The van der Waals surface area contributed by atoms with Crippen LogP contribution in [0.2, 0.25) is 0 Å². The van der Waals surface area contributed by atoms with Gasteiger partial charge in [-0.1, -0.05) is 12.1 Å². The summed E-state index contributed by atoms with van der Waals surface area (Å²) in [5, 5.41) is 0. The molecule has 2 heterocycles. The SMILES string of the molecule is NC(=O)[C@@H]1CCCN(C(=O)COC(=O)c2ccc(-c3ccc(F)cc3)s2)C1. The van der Waals surface area contributed by atoms with Crippen LogP contribution < -0.4 is 5.73 Å². The Morgan fingerprint density at radius 3 is 2.63 bits per heavy atom. The first-order valence-electron chi connectivity index (χ1n) is 8.54. The number of esters is 1. The fourth-order valence-electron chi connectivity index (χ4n) is 2.94. The van der Waals surface area contributed by atoms with E-state index in [2.05, 4.69) is 0 Å². The first-order valence-corrected chi connectivity index (χ1v) is 9.35. The molecule has 2 amide bonds. The molecule has 1 aliphatic rings. The van der Waals surface area contributed by atoms with Crippen LogP contribution in [0.15, 0.2) is 36.4 Å². The maximum Gasteiger partial charge on any atom is 0.348 e. The maximum absolute atomic E-state index is 13.0. The minimum absolute atomic E-state index is 0.263. The first kappa shape index (κ1) is 19.0. The minimum atomic E-state index is -0.592. The molecule has 1 aromatic carbocycles. The van der Waals surface area contributed by atoms with Crippen LogP contribution in [0.25, 0.3) is 10.4 Å². The van der Waals surface area contributed by atoms with Gasteiger partial charge >= 0.3 is 5.97 Å². The zero-order valence-corrected chi connectivity index (χ0v) is 15.3. The number of benzene rings is 1. The van der Waals surface area contributed by atoms with Crippen LogP contribution in [0.1, 0.15) is 22.5 Å². The van der Waals surface area contributed by atoms with Gasteiger partial charge in [0.25, 0.3) is 5.91 Å². The van der Waals surface area contributed by atoms with E-state index in [-0.39, 0.29) is 30.8 Å². The molecular formula is C19H19FN2O4S. The Bertz CT molecular complexity index is 850. The van der Waals surface area contributed by atoms with E-state index in [0.29, 0.717) is 24.3 Å². The minimum Gasteiger partial charge on any atom is -0.451 e. The van der Waals surface area contributed by atoms with Crippen molar-refractivity contribution in [3.63, 3.8) is 0 Å². The average molecular weight is 390 g/mol. The number of hydrogen-bond acceptors (Lipinski definition) is 5. The van der Waals surface area contributed by atoms with Gasteiger partial charge in [0.1, 0.15) is 10.7 Å². The van der Waals surface area contributed by atoms with Crippen molar-refractivity contribution >= 4 is 29.1 Å². The molecule has 0 radical (unpaired) electrons. The van der Waals surface area contributed by atoms with E-state index in [1.807, 2.05) is 0 Å². The number of carbonyl (C=O) groups is 3. The molecule has 8 heteroatoms. The van der Waals surface area contributed by atoms with Gasteiger partial charge in [0, 0.05) is 18.0 Å². The number of nitrogens with two attached hydrogens (primary N) is 1. The summed E-state index contributed by atoms with van der Waals surface area (Å²) in [4.78, 5) is 38.4. The summed E-state index contributed by atoms with van der Waals surface area (Å²) in [6.07, 6.45) is 1.36. The van der Waals surface area contributed by atoms with E-state index in [9.17, 15) is 18.8 Å². The van der Waals surface area contributed by atoms with Crippen LogP contribution in [0.5, 0.6) is 0 Å². The number of ether oxygens (including phenoxy) is 1. The number of piperidine rings is 1. The number of halogens is 1. The molecule has 0 saturated carbocycles. The van der Waals surface area contributed by atoms with E-state index in [1.165, 1.54) is 28.4 Å². The molecule has 1 aromatic heterocycles. The lowest BCUT2D eigenvalue weighted by molar-refractivity contribution is -0.137. The normalized spacial score (nSPS) is 16.8. The highest BCUT2D eigenvalue weighted by Crippen LogP contribution is 2.28. The van der Waals surface area contributed by atoms with Crippen molar-refractivity contribution in [3.8, 4) is 10.4 Å². The lowest BCUT2D eigenvalue weighted by Gasteiger charge is -2.30. The topological polar surface area (TPSA) is 89.7 Å². The maximum atomic E-state index is 13.0. The van der Waals surface area contributed by atoms with Crippen LogP contribution in [0.4, 0.5) is 4.39 Å². The Morgan fingerprint density at radius 2 is 1.93 bits per heavy atom. The van der Waals surface area contributed by atoms with E-state index >= 15 is 0 Å². The van der Waals surface area contributed by atoms with Crippen molar-refractivity contribution in [2.24, 2.45) is 11.7 Å². The molecular weight excluding hydrogens is 371 g/mol. The number of primary amides is 1. The fraction of sp³-hybridized carbons (Fsp3) is 0.316. The third-order valence-corrected chi connectivity index (χ3v) is 5.55. The number of hydrogen-bond donors (Lipinski definition) is 1. The van der Waals surface area contributed by atoms with E-state index in [4.69, 9.17) is 10.5 Å². The smallest absolute Gasteiger partial charge is 0.348 e. The summed E-state index contributed by atoms with van der Waals surface area (Å²) in [5.41, 5.74) is 6.10. The molecule has 2 N–H and O–H groups in total. The number of carbonyl (C=O) groups excluding carboxylic acids is 3. The molecule has 0 aliphatic carbocycles. The van der Waals surface area contributed by atoms with Crippen molar-refractivity contribution in [1.82, 2.24) is 4.90 Å². The number of nitrogens with zero attached hydrogens (tertiary/aromatic N) is 1. The van der Waals surface area contributed by atoms with Crippen molar-refractivity contribution in [1.29, 1.82) is 0 Å². The first-order chi connectivity index (χ1) is 12.9. The second-order valence-electron chi connectivity index (χ2n) is 6.33. The Hall–Kier alpha value is -2.74. The third kappa shape index (κ3) is 4.71. The Kier molecular flexibility index (Phi) is 5.85. The number of thiophene rings is 1. The molecule has 1 saturated heterocycles. The zero-order chi connectivity index (χ0) is 19.4. The highest BCUT2D eigenvalue weighted by molar-refractivity contribution is 7.17. The molecule has 1 fully saturated rings. The quantitative estimate of drug-likeness (QED) is 0.794. The second-order valence-corrected chi connectivity index (χ2v) is 7.41. The standard InChI is InChI=1S/C19H19FN2O4S/c20-14-5-3-12(4-6-14)15-7-8-16(27-15)19(25)26-11-17(23)22-9-1-2-13(10-22)18(21)24/h3-8,13H,1-2,9-11H2,(H2,21,24)/t13-/m1/s1. The van der Waals surface area contributed by atoms with Crippen molar-refractivity contribution in [2.75, 3.05) is 19.7 Å².